The van der Waals surface area contributed by atoms with Crippen molar-refractivity contribution in [2.24, 2.45) is 5.73 Å². The maximum absolute atomic E-state index is 11.8. The minimum absolute atomic E-state index is 0.0278. The Kier molecular flexibility index (Phi) is 7.16. The molecule has 1 aromatic rings. The van der Waals surface area contributed by atoms with Crippen molar-refractivity contribution < 1.29 is 13.2 Å². The van der Waals surface area contributed by atoms with E-state index in [1.165, 1.54) is 0 Å². The summed E-state index contributed by atoms with van der Waals surface area (Å²) in [5.74, 6) is 0.737. The number of benzene rings is 1. The molecular weight excluding hydrogens is 354 g/mol. The molecule has 6 heteroatoms. The van der Waals surface area contributed by atoms with E-state index in [0.717, 1.165) is 16.5 Å². The van der Waals surface area contributed by atoms with Crippen LogP contribution < -0.4 is 10.5 Å². The number of hydrogen-bond donors (Lipinski definition) is 1. The van der Waals surface area contributed by atoms with E-state index in [9.17, 15) is 8.42 Å². The van der Waals surface area contributed by atoms with Crippen LogP contribution in [-0.4, -0.2) is 32.1 Å². The highest BCUT2D eigenvalue weighted by Crippen LogP contribution is 2.25. The van der Waals surface area contributed by atoms with E-state index in [0.29, 0.717) is 12.2 Å². The van der Waals surface area contributed by atoms with Crippen LogP contribution in [0.15, 0.2) is 22.7 Å². The number of ether oxygens (including phenoxy) is 1. The van der Waals surface area contributed by atoms with Crippen LogP contribution in [0.5, 0.6) is 5.75 Å². The van der Waals surface area contributed by atoms with Crippen LogP contribution in [0.1, 0.15) is 32.8 Å². The largest absolute Gasteiger partial charge is 0.492 e. The van der Waals surface area contributed by atoms with Gasteiger partial charge in [-0.1, -0.05) is 22.9 Å². The Morgan fingerprint density at radius 2 is 2.00 bits per heavy atom. The van der Waals surface area contributed by atoms with E-state index < -0.39 is 9.84 Å². The normalized spacial score (nSPS) is 13.4. The lowest BCUT2D eigenvalue weighted by molar-refractivity contribution is 0.335. The molecule has 1 unspecified atom stereocenters. The molecule has 0 aromatic heterocycles. The maximum Gasteiger partial charge on any atom is 0.155 e. The lowest BCUT2D eigenvalue weighted by Crippen LogP contribution is -2.23. The predicted molar refractivity (Wildman–Crippen MR) is 90.5 cm³/mol. The molecule has 2 N–H and O–H groups in total. The van der Waals surface area contributed by atoms with Crippen LogP contribution >= 0.6 is 15.9 Å². The summed E-state index contributed by atoms with van der Waals surface area (Å²) in [6, 6.07) is 5.78. The van der Waals surface area contributed by atoms with E-state index >= 15 is 0 Å². The molecule has 0 heterocycles. The molecule has 120 valence electrons. The molecule has 0 fully saturated rings. The Bertz CT molecular complexity index is 558. The maximum atomic E-state index is 11.8. The molecule has 0 radical (unpaired) electrons. The lowest BCUT2D eigenvalue weighted by Gasteiger charge is -2.15. The fourth-order valence-electron chi connectivity index (χ4n) is 1.78. The molecule has 0 saturated carbocycles. The summed E-state index contributed by atoms with van der Waals surface area (Å²) in [7, 11) is -3.08. The van der Waals surface area contributed by atoms with Gasteiger partial charge in [-0.25, -0.2) is 8.42 Å². The molecule has 0 aliphatic carbocycles. The van der Waals surface area contributed by atoms with Crippen LogP contribution in [0.4, 0.5) is 0 Å². The van der Waals surface area contributed by atoms with E-state index in [-0.39, 0.29) is 23.7 Å². The molecule has 0 aliphatic rings. The van der Waals surface area contributed by atoms with Gasteiger partial charge in [-0.3, -0.25) is 0 Å². The van der Waals surface area contributed by atoms with Crippen molar-refractivity contribution in [1.29, 1.82) is 0 Å². The molecule has 21 heavy (non-hydrogen) atoms. The molecule has 0 saturated heterocycles. The summed E-state index contributed by atoms with van der Waals surface area (Å²) in [6.07, 6.45) is 1.59. The highest BCUT2D eigenvalue weighted by atomic mass is 79.9. The average Bonchev–Trinajstić information content (AvgIpc) is 2.40. The first-order valence-electron chi connectivity index (χ1n) is 7.14. The smallest absolute Gasteiger partial charge is 0.155 e. The Labute approximate surface area is 136 Å². The summed E-state index contributed by atoms with van der Waals surface area (Å²) in [5.41, 5.74) is 7.00. The highest BCUT2D eigenvalue weighted by molar-refractivity contribution is 9.10. The van der Waals surface area contributed by atoms with Crippen molar-refractivity contribution in [2.75, 3.05) is 12.4 Å². The highest BCUT2D eigenvalue weighted by Gasteiger charge is 2.16. The molecular formula is C15H24BrNO3S. The Balaban J connectivity index is 2.74. The third-order valence-electron chi connectivity index (χ3n) is 3.37. The Morgan fingerprint density at radius 3 is 2.57 bits per heavy atom. The molecule has 4 nitrogen and oxygen atoms in total. The molecule has 0 bridgehead atoms. The number of rotatable bonds is 8. The minimum atomic E-state index is -3.08. The topological polar surface area (TPSA) is 69.4 Å². The zero-order valence-electron chi connectivity index (χ0n) is 12.8. The molecule has 1 atom stereocenters. The van der Waals surface area contributed by atoms with Crippen molar-refractivity contribution in [3.8, 4) is 5.75 Å². The first-order chi connectivity index (χ1) is 9.76. The molecule has 1 rings (SSSR count). The second-order valence-corrected chi connectivity index (χ2v) is 8.98. The van der Waals surface area contributed by atoms with Gasteiger partial charge in [-0.05, 0) is 50.5 Å². The van der Waals surface area contributed by atoms with Gasteiger partial charge < -0.3 is 10.5 Å². The van der Waals surface area contributed by atoms with Crippen molar-refractivity contribution >= 4 is 25.8 Å². The van der Waals surface area contributed by atoms with Crippen molar-refractivity contribution in [2.45, 2.75) is 44.9 Å². The summed E-state index contributed by atoms with van der Waals surface area (Å²) in [4.78, 5) is 0. The third-order valence-corrected chi connectivity index (χ3v) is 6.04. The SMILES string of the molecule is CCC(N)Cc1cc(Br)ccc1OCCS(=O)(=O)C(C)C. The van der Waals surface area contributed by atoms with Crippen molar-refractivity contribution in [3.05, 3.63) is 28.2 Å². The van der Waals surface area contributed by atoms with Gasteiger partial charge in [0.25, 0.3) is 0 Å². The summed E-state index contributed by atoms with van der Waals surface area (Å²) < 4.78 is 30.2. The van der Waals surface area contributed by atoms with Gasteiger partial charge in [-0.2, -0.15) is 0 Å². The second-order valence-electron chi connectivity index (χ2n) is 5.39. The van der Waals surface area contributed by atoms with Gasteiger partial charge in [0.05, 0.1) is 11.0 Å². The zero-order valence-corrected chi connectivity index (χ0v) is 15.2. The average molecular weight is 378 g/mol. The summed E-state index contributed by atoms with van der Waals surface area (Å²) >= 11 is 3.43. The first kappa shape index (κ1) is 18.5. The minimum Gasteiger partial charge on any atom is -0.492 e. The van der Waals surface area contributed by atoms with Crippen LogP contribution in [0.3, 0.4) is 0 Å². The van der Waals surface area contributed by atoms with Crippen molar-refractivity contribution in [1.82, 2.24) is 0 Å². The second kappa shape index (κ2) is 8.15. The molecule has 0 amide bonds. The fourth-order valence-corrected chi connectivity index (χ4v) is 2.97. The van der Waals surface area contributed by atoms with Crippen LogP contribution in [0, 0.1) is 0 Å². The molecule has 1 aromatic carbocycles. The molecule has 0 spiro atoms. The lowest BCUT2D eigenvalue weighted by atomic mass is 10.0. The first-order valence-corrected chi connectivity index (χ1v) is 9.65. The number of hydrogen-bond acceptors (Lipinski definition) is 4. The standard InChI is InChI=1S/C15H24BrNO3S/c1-4-14(17)10-12-9-13(16)5-6-15(12)20-7-8-21(18,19)11(2)3/h5-6,9,11,14H,4,7-8,10,17H2,1-3H3. The van der Waals surface area contributed by atoms with E-state index in [1.807, 2.05) is 25.1 Å². The van der Waals surface area contributed by atoms with E-state index in [4.69, 9.17) is 10.5 Å². The predicted octanol–water partition coefficient (Wildman–Crippen LogP) is 2.93. The van der Waals surface area contributed by atoms with Gasteiger partial charge in [0.15, 0.2) is 9.84 Å². The fraction of sp³-hybridized carbons (Fsp3) is 0.600. The van der Waals surface area contributed by atoms with Crippen molar-refractivity contribution in [3.63, 3.8) is 0 Å². The molecule has 0 aliphatic heterocycles. The van der Waals surface area contributed by atoms with Gasteiger partial charge in [0.1, 0.15) is 12.4 Å². The zero-order chi connectivity index (χ0) is 16.0. The van der Waals surface area contributed by atoms with Crippen LogP contribution in [0.2, 0.25) is 0 Å². The van der Waals surface area contributed by atoms with E-state index in [2.05, 4.69) is 15.9 Å². The Morgan fingerprint density at radius 1 is 1.33 bits per heavy atom. The quantitative estimate of drug-likeness (QED) is 0.755. The van der Waals surface area contributed by atoms with Gasteiger partial charge in [0.2, 0.25) is 0 Å². The van der Waals surface area contributed by atoms with Gasteiger partial charge >= 0.3 is 0 Å². The Hall–Kier alpha value is -0.590. The van der Waals surface area contributed by atoms with Crippen LogP contribution in [-0.2, 0) is 16.3 Å². The van der Waals surface area contributed by atoms with E-state index in [1.54, 1.807) is 13.8 Å². The number of halogens is 1. The third kappa shape index (κ3) is 5.96. The summed E-state index contributed by atoms with van der Waals surface area (Å²) in [5, 5.41) is -0.376. The van der Waals surface area contributed by atoms with Gasteiger partial charge in [-0.15, -0.1) is 0 Å². The van der Waals surface area contributed by atoms with Crippen LogP contribution in [0.25, 0.3) is 0 Å². The monoisotopic (exact) mass is 377 g/mol. The summed E-state index contributed by atoms with van der Waals surface area (Å²) in [6.45, 7) is 5.57. The number of nitrogens with two attached hydrogens (primary N) is 1. The number of sulfone groups is 1. The van der Waals surface area contributed by atoms with Gasteiger partial charge in [0, 0.05) is 10.5 Å².